The number of fused-ring (bicyclic) bond motifs is 1. The van der Waals surface area contributed by atoms with Crippen LogP contribution >= 0.6 is 0 Å². The molecule has 26 heavy (non-hydrogen) atoms. The number of hydrogen-bond acceptors (Lipinski definition) is 4. The van der Waals surface area contributed by atoms with Crippen LogP contribution in [0.2, 0.25) is 0 Å². The second-order valence-corrected chi connectivity index (χ2v) is 8.07. The van der Waals surface area contributed by atoms with Gasteiger partial charge in [0.15, 0.2) is 0 Å². The maximum Gasteiger partial charge on any atom is 0.241 e. The first-order chi connectivity index (χ1) is 12.4. The van der Waals surface area contributed by atoms with Crippen LogP contribution < -0.4 is 9.62 Å². The molecule has 0 aromatic heterocycles. The van der Waals surface area contributed by atoms with Gasteiger partial charge in [0.05, 0.1) is 4.90 Å². The number of phenols is 1. The van der Waals surface area contributed by atoms with Gasteiger partial charge in [-0.2, -0.15) is 0 Å². The Hall–Kier alpha value is -2.57. The normalized spacial score (nSPS) is 11.6. The van der Waals surface area contributed by atoms with Gasteiger partial charge in [-0.1, -0.05) is 36.4 Å². The highest BCUT2D eigenvalue weighted by atomic mass is 32.2. The number of nitrogens with one attached hydrogen (secondary N) is 1. The average molecular weight is 370 g/mol. The molecule has 3 aromatic carbocycles. The maximum absolute atomic E-state index is 12.8. The molecule has 0 spiro atoms. The third-order valence-electron chi connectivity index (χ3n) is 4.27. The Morgan fingerprint density at radius 2 is 1.58 bits per heavy atom. The smallest absolute Gasteiger partial charge is 0.241 e. The molecular weight excluding hydrogens is 348 g/mol. The van der Waals surface area contributed by atoms with E-state index in [2.05, 4.69) is 4.72 Å². The molecule has 3 aromatic rings. The Bertz CT molecular complexity index is 1010. The Labute approximate surface area is 153 Å². The second kappa shape index (κ2) is 7.35. The van der Waals surface area contributed by atoms with Gasteiger partial charge in [0.1, 0.15) is 5.75 Å². The van der Waals surface area contributed by atoms with Crippen LogP contribution in [0.5, 0.6) is 5.75 Å². The van der Waals surface area contributed by atoms with Crippen molar-refractivity contribution in [2.24, 2.45) is 0 Å². The van der Waals surface area contributed by atoms with Crippen molar-refractivity contribution in [1.29, 1.82) is 0 Å². The molecule has 0 aliphatic rings. The van der Waals surface area contributed by atoms with E-state index in [0.29, 0.717) is 11.8 Å². The first-order valence-electron chi connectivity index (χ1n) is 8.35. The summed E-state index contributed by atoms with van der Waals surface area (Å²) in [6.45, 7) is 0.289. The molecular formula is C20H22N2O3S. The lowest BCUT2D eigenvalue weighted by molar-refractivity contribution is 0.475. The van der Waals surface area contributed by atoms with Crippen molar-refractivity contribution in [2.45, 2.75) is 11.3 Å². The first-order valence-corrected chi connectivity index (χ1v) is 9.83. The van der Waals surface area contributed by atoms with Gasteiger partial charge in [0, 0.05) is 37.1 Å². The highest BCUT2D eigenvalue weighted by molar-refractivity contribution is 7.89. The minimum atomic E-state index is -3.63. The third-order valence-corrected chi connectivity index (χ3v) is 5.79. The third kappa shape index (κ3) is 3.81. The van der Waals surface area contributed by atoms with Gasteiger partial charge in [-0.3, -0.25) is 0 Å². The van der Waals surface area contributed by atoms with E-state index in [-0.39, 0.29) is 17.2 Å². The molecule has 3 rings (SSSR count). The molecule has 0 aliphatic carbocycles. The highest BCUT2D eigenvalue weighted by Gasteiger charge is 2.18. The van der Waals surface area contributed by atoms with Crippen molar-refractivity contribution in [3.05, 3.63) is 66.2 Å². The summed E-state index contributed by atoms with van der Waals surface area (Å²) in [6, 6.07) is 17.8. The zero-order valence-electron chi connectivity index (χ0n) is 14.8. The fourth-order valence-electron chi connectivity index (χ4n) is 2.96. The van der Waals surface area contributed by atoms with Crippen molar-refractivity contribution in [2.75, 3.05) is 25.5 Å². The number of hydrogen-bond donors (Lipinski definition) is 2. The molecule has 0 heterocycles. The minimum absolute atomic E-state index is 0.196. The van der Waals surface area contributed by atoms with Gasteiger partial charge >= 0.3 is 0 Å². The molecule has 6 heteroatoms. The van der Waals surface area contributed by atoms with Gasteiger partial charge in [-0.05, 0) is 36.2 Å². The summed E-state index contributed by atoms with van der Waals surface area (Å²) in [5, 5.41) is 10.9. The summed E-state index contributed by atoms with van der Waals surface area (Å²) in [5.74, 6) is 0.196. The summed E-state index contributed by atoms with van der Waals surface area (Å²) in [7, 11) is 0.247. The lowest BCUT2D eigenvalue weighted by atomic mass is 10.1. The number of rotatable bonds is 6. The quantitative estimate of drug-likeness (QED) is 0.699. The summed E-state index contributed by atoms with van der Waals surface area (Å²) in [4.78, 5) is 2.25. The molecule has 0 radical (unpaired) electrons. The van der Waals surface area contributed by atoms with Crippen LogP contribution in [-0.4, -0.2) is 34.2 Å². The SMILES string of the molecule is CN(C)c1cccc2c(S(=O)(=O)NCCc3ccc(O)cc3)cccc12. The van der Waals surface area contributed by atoms with Crippen LogP contribution in [0.1, 0.15) is 5.56 Å². The number of benzene rings is 3. The number of sulfonamides is 1. The van der Waals surface area contributed by atoms with Gasteiger partial charge in [0.25, 0.3) is 0 Å². The molecule has 0 bridgehead atoms. The predicted molar refractivity (Wildman–Crippen MR) is 105 cm³/mol. The van der Waals surface area contributed by atoms with Crippen molar-refractivity contribution in [3.8, 4) is 5.75 Å². The first kappa shape index (κ1) is 18.2. The van der Waals surface area contributed by atoms with Gasteiger partial charge < -0.3 is 10.0 Å². The van der Waals surface area contributed by atoms with Crippen molar-refractivity contribution in [1.82, 2.24) is 4.72 Å². The fraction of sp³-hybridized carbons (Fsp3) is 0.200. The molecule has 0 fully saturated rings. The summed E-state index contributed by atoms with van der Waals surface area (Å²) in [6.07, 6.45) is 0.549. The van der Waals surface area contributed by atoms with E-state index in [1.165, 1.54) is 0 Å². The topological polar surface area (TPSA) is 69.6 Å². The van der Waals surface area contributed by atoms with Crippen LogP contribution in [0.3, 0.4) is 0 Å². The fourth-order valence-corrected chi connectivity index (χ4v) is 4.21. The van der Waals surface area contributed by atoms with E-state index in [4.69, 9.17) is 0 Å². The predicted octanol–water partition coefficient (Wildman–Crippen LogP) is 3.13. The standard InChI is InChI=1S/C20H22N2O3S/c1-22(2)19-7-3-6-18-17(19)5-4-8-20(18)26(24,25)21-14-13-15-9-11-16(23)12-10-15/h3-12,21,23H,13-14H2,1-2H3. The molecule has 0 unspecified atom stereocenters. The van der Waals surface area contributed by atoms with Crippen LogP contribution in [0.4, 0.5) is 5.69 Å². The van der Waals surface area contributed by atoms with Crippen LogP contribution in [0.25, 0.3) is 10.8 Å². The number of aromatic hydroxyl groups is 1. The van der Waals surface area contributed by atoms with E-state index in [9.17, 15) is 13.5 Å². The molecule has 0 atom stereocenters. The average Bonchev–Trinajstić information content (AvgIpc) is 2.62. The zero-order chi connectivity index (χ0) is 18.7. The van der Waals surface area contributed by atoms with E-state index in [0.717, 1.165) is 16.6 Å². The number of nitrogens with zero attached hydrogens (tertiary/aromatic N) is 1. The van der Waals surface area contributed by atoms with Gasteiger partial charge in [-0.15, -0.1) is 0 Å². The number of anilines is 1. The van der Waals surface area contributed by atoms with E-state index in [1.54, 1.807) is 36.4 Å². The Balaban J connectivity index is 1.85. The molecule has 0 amide bonds. The highest BCUT2D eigenvalue weighted by Crippen LogP contribution is 2.30. The van der Waals surface area contributed by atoms with Gasteiger partial charge in [0.2, 0.25) is 10.0 Å². The Morgan fingerprint density at radius 3 is 2.27 bits per heavy atom. The van der Waals surface area contributed by atoms with Crippen LogP contribution in [0, 0.1) is 0 Å². The van der Waals surface area contributed by atoms with Crippen molar-refractivity contribution >= 4 is 26.5 Å². The zero-order valence-corrected chi connectivity index (χ0v) is 15.6. The summed E-state index contributed by atoms with van der Waals surface area (Å²) >= 11 is 0. The molecule has 2 N–H and O–H groups in total. The minimum Gasteiger partial charge on any atom is -0.508 e. The van der Waals surface area contributed by atoms with Crippen LogP contribution in [0.15, 0.2) is 65.6 Å². The lowest BCUT2D eigenvalue weighted by Gasteiger charge is -2.17. The summed E-state index contributed by atoms with van der Waals surface area (Å²) in [5.41, 5.74) is 1.93. The molecule has 5 nitrogen and oxygen atoms in total. The molecule has 0 aliphatic heterocycles. The largest absolute Gasteiger partial charge is 0.508 e. The Kier molecular flexibility index (Phi) is 5.15. The molecule has 136 valence electrons. The monoisotopic (exact) mass is 370 g/mol. The molecule has 0 saturated carbocycles. The van der Waals surface area contributed by atoms with Gasteiger partial charge in [-0.25, -0.2) is 13.1 Å². The van der Waals surface area contributed by atoms with Crippen LogP contribution in [-0.2, 0) is 16.4 Å². The van der Waals surface area contributed by atoms with E-state index < -0.39 is 10.0 Å². The van der Waals surface area contributed by atoms with E-state index >= 15 is 0 Å². The maximum atomic E-state index is 12.8. The number of phenolic OH excluding ortho intramolecular Hbond substituents is 1. The second-order valence-electron chi connectivity index (χ2n) is 6.34. The lowest BCUT2D eigenvalue weighted by Crippen LogP contribution is -2.26. The summed E-state index contributed by atoms with van der Waals surface area (Å²) < 4.78 is 28.3. The Morgan fingerprint density at radius 1 is 0.923 bits per heavy atom. The van der Waals surface area contributed by atoms with Crippen molar-refractivity contribution in [3.63, 3.8) is 0 Å². The van der Waals surface area contributed by atoms with Crippen molar-refractivity contribution < 1.29 is 13.5 Å². The molecule has 0 saturated heterocycles. The van der Waals surface area contributed by atoms with E-state index in [1.807, 2.05) is 43.3 Å².